The maximum absolute atomic E-state index is 11.8. The van der Waals surface area contributed by atoms with Crippen LogP contribution in [0.1, 0.15) is 32.3 Å². The highest BCUT2D eigenvalue weighted by atomic mass is 16.5. The lowest BCUT2D eigenvalue weighted by Crippen LogP contribution is -2.30. The summed E-state index contributed by atoms with van der Waals surface area (Å²) in [7, 11) is 1.59. The average Bonchev–Trinajstić information content (AvgIpc) is 2.53. The van der Waals surface area contributed by atoms with Crippen LogP contribution in [0.4, 0.5) is 5.69 Å². The monoisotopic (exact) mass is 307 g/mol. The van der Waals surface area contributed by atoms with E-state index in [9.17, 15) is 4.79 Å². The molecular weight excluding hydrogens is 278 g/mol. The number of amides is 1. The number of ether oxygens (including phenoxy) is 1. The summed E-state index contributed by atoms with van der Waals surface area (Å²) in [5.74, 6) is 0.763. The van der Waals surface area contributed by atoms with Crippen LogP contribution in [-0.4, -0.2) is 44.1 Å². The highest BCUT2D eigenvalue weighted by Gasteiger charge is 2.05. The van der Waals surface area contributed by atoms with E-state index in [1.165, 1.54) is 0 Å². The van der Waals surface area contributed by atoms with Crippen molar-refractivity contribution >= 4 is 11.6 Å². The van der Waals surface area contributed by atoms with E-state index in [0.29, 0.717) is 24.3 Å². The molecule has 0 saturated carbocycles. The van der Waals surface area contributed by atoms with Gasteiger partial charge in [-0.15, -0.1) is 0 Å². The van der Waals surface area contributed by atoms with Crippen LogP contribution in [0.25, 0.3) is 0 Å². The number of hydrogen-bond acceptors (Lipinski definition) is 4. The van der Waals surface area contributed by atoms with Crippen LogP contribution in [0, 0.1) is 0 Å². The van der Waals surface area contributed by atoms with Gasteiger partial charge in [-0.2, -0.15) is 0 Å². The molecule has 5 heteroatoms. The molecule has 0 fully saturated rings. The minimum absolute atomic E-state index is 0.0916. The smallest absolute Gasteiger partial charge is 0.220 e. The molecule has 0 aliphatic carbocycles. The minimum atomic E-state index is 0.0916. The van der Waals surface area contributed by atoms with Crippen molar-refractivity contribution in [2.24, 2.45) is 0 Å². The molecule has 1 rings (SSSR count). The van der Waals surface area contributed by atoms with Crippen LogP contribution < -0.4 is 15.8 Å². The predicted octanol–water partition coefficient (Wildman–Crippen LogP) is 2.06. The Kier molecular flexibility index (Phi) is 8.36. The molecule has 0 aromatic heterocycles. The number of rotatable bonds is 10. The molecule has 22 heavy (non-hydrogen) atoms. The van der Waals surface area contributed by atoms with Crippen molar-refractivity contribution in [1.29, 1.82) is 0 Å². The molecule has 0 radical (unpaired) electrons. The zero-order chi connectivity index (χ0) is 16.4. The van der Waals surface area contributed by atoms with Crippen molar-refractivity contribution in [3.63, 3.8) is 0 Å². The van der Waals surface area contributed by atoms with Gasteiger partial charge in [0.05, 0.1) is 12.8 Å². The summed E-state index contributed by atoms with van der Waals surface area (Å²) in [6.45, 7) is 8.19. The fourth-order valence-corrected chi connectivity index (χ4v) is 2.36. The Morgan fingerprint density at radius 1 is 1.32 bits per heavy atom. The molecule has 124 valence electrons. The fraction of sp³-hybridized carbons (Fsp3) is 0.588. The molecule has 1 aromatic rings. The molecule has 1 aromatic carbocycles. The number of nitrogen functional groups attached to an aromatic ring is 1. The second-order valence-electron chi connectivity index (χ2n) is 5.31. The predicted molar refractivity (Wildman–Crippen MR) is 91.1 cm³/mol. The van der Waals surface area contributed by atoms with Gasteiger partial charge in [0.2, 0.25) is 5.91 Å². The molecule has 0 saturated heterocycles. The molecule has 3 N–H and O–H groups in total. The van der Waals surface area contributed by atoms with Gasteiger partial charge in [-0.25, -0.2) is 0 Å². The van der Waals surface area contributed by atoms with Crippen LogP contribution in [0.5, 0.6) is 5.75 Å². The van der Waals surface area contributed by atoms with E-state index in [-0.39, 0.29) is 5.91 Å². The molecule has 0 aliphatic heterocycles. The van der Waals surface area contributed by atoms with Gasteiger partial charge in [0.25, 0.3) is 0 Å². The molecule has 0 bridgehead atoms. The van der Waals surface area contributed by atoms with Gasteiger partial charge in [-0.1, -0.05) is 19.9 Å². The fourth-order valence-electron chi connectivity index (χ4n) is 2.36. The van der Waals surface area contributed by atoms with E-state index < -0.39 is 0 Å². The summed E-state index contributed by atoms with van der Waals surface area (Å²) >= 11 is 0. The van der Waals surface area contributed by atoms with Crippen molar-refractivity contribution in [3.8, 4) is 5.75 Å². The summed E-state index contributed by atoms with van der Waals surface area (Å²) in [4.78, 5) is 14.2. The van der Waals surface area contributed by atoms with Gasteiger partial charge in [0.15, 0.2) is 0 Å². The van der Waals surface area contributed by atoms with E-state index in [0.717, 1.165) is 38.2 Å². The Hall–Kier alpha value is -1.75. The van der Waals surface area contributed by atoms with Gasteiger partial charge in [-0.3, -0.25) is 4.79 Å². The number of nitrogens with zero attached hydrogens (tertiary/aromatic N) is 1. The lowest BCUT2D eigenvalue weighted by atomic mass is 10.1. The van der Waals surface area contributed by atoms with E-state index in [4.69, 9.17) is 10.5 Å². The van der Waals surface area contributed by atoms with Gasteiger partial charge in [0, 0.05) is 13.0 Å². The van der Waals surface area contributed by atoms with E-state index in [2.05, 4.69) is 24.1 Å². The van der Waals surface area contributed by atoms with Crippen LogP contribution in [0.3, 0.4) is 0 Å². The number of carbonyl (C=O) groups is 1. The van der Waals surface area contributed by atoms with Crippen molar-refractivity contribution < 1.29 is 9.53 Å². The Morgan fingerprint density at radius 3 is 2.64 bits per heavy atom. The second-order valence-corrected chi connectivity index (χ2v) is 5.31. The minimum Gasteiger partial charge on any atom is -0.495 e. The van der Waals surface area contributed by atoms with Crippen LogP contribution in [0.2, 0.25) is 0 Å². The molecule has 0 unspecified atom stereocenters. The summed E-state index contributed by atoms with van der Waals surface area (Å²) in [6.07, 6.45) is 2.16. The first-order chi connectivity index (χ1) is 10.6. The van der Waals surface area contributed by atoms with Crippen LogP contribution in [-0.2, 0) is 11.2 Å². The molecule has 0 heterocycles. The number of aryl methyl sites for hydroxylation is 1. The van der Waals surface area contributed by atoms with Crippen molar-refractivity contribution in [2.75, 3.05) is 39.0 Å². The van der Waals surface area contributed by atoms with E-state index in [1.807, 2.05) is 18.2 Å². The Balaban J connectivity index is 2.24. The summed E-state index contributed by atoms with van der Waals surface area (Å²) < 4.78 is 5.12. The van der Waals surface area contributed by atoms with Gasteiger partial charge < -0.3 is 20.7 Å². The number of nitrogens with one attached hydrogen (secondary N) is 1. The largest absolute Gasteiger partial charge is 0.495 e. The molecule has 0 spiro atoms. The first-order valence-electron chi connectivity index (χ1n) is 8.02. The average molecular weight is 307 g/mol. The van der Waals surface area contributed by atoms with Gasteiger partial charge in [-0.05, 0) is 50.2 Å². The van der Waals surface area contributed by atoms with Crippen molar-refractivity contribution in [2.45, 2.75) is 33.1 Å². The Labute approximate surface area is 133 Å². The van der Waals surface area contributed by atoms with E-state index >= 15 is 0 Å². The second kappa shape index (κ2) is 10.1. The number of hydrogen-bond donors (Lipinski definition) is 2. The Bertz CT molecular complexity index is 459. The molecule has 1 amide bonds. The zero-order valence-corrected chi connectivity index (χ0v) is 14.0. The lowest BCUT2D eigenvalue weighted by molar-refractivity contribution is -0.121. The standard InChI is InChI=1S/C17H29N3O2/c1-4-20(5-2)12-6-11-19-17(21)10-8-14-7-9-16(22-3)15(18)13-14/h7,9,13H,4-6,8,10-12,18H2,1-3H3,(H,19,21). The highest BCUT2D eigenvalue weighted by molar-refractivity contribution is 5.76. The van der Waals surface area contributed by atoms with E-state index in [1.54, 1.807) is 7.11 Å². The number of nitrogens with two attached hydrogens (primary N) is 1. The topological polar surface area (TPSA) is 67.6 Å². The molecular formula is C17H29N3O2. The molecule has 0 atom stereocenters. The van der Waals surface area contributed by atoms with Crippen LogP contribution >= 0.6 is 0 Å². The number of benzene rings is 1. The van der Waals surface area contributed by atoms with Crippen molar-refractivity contribution in [1.82, 2.24) is 10.2 Å². The number of carbonyl (C=O) groups excluding carboxylic acids is 1. The highest BCUT2D eigenvalue weighted by Crippen LogP contribution is 2.22. The summed E-state index contributed by atoms with van der Waals surface area (Å²) in [6, 6.07) is 5.65. The maximum Gasteiger partial charge on any atom is 0.220 e. The summed E-state index contributed by atoms with van der Waals surface area (Å²) in [5.41, 5.74) is 7.52. The zero-order valence-electron chi connectivity index (χ0n) is 14.0. The molecule has 0 aliphatic rings. The van der Waals surface area contributed by atoms with Crippen LogP contribution in [0.15, 0.2) is 18.2 Å². The van der Waals surface area contributed by atoms with Gasteiger partial charge in [0.1, 0.15) is 5.75 Å². The third-order valence-corrected chi connectivity index (χ3v) is 3.80. The third kappa shape index (κ3) is 6.35. The Morgan fingerprint density at radius 2 is 2.05 bits per heavy atom. The first kappa shape index (κ1) is 18.3. The first-order valence-corrected chi connectivity index (χ1v) is 8.02. The quantitative estimate of drug-likeness (QED) is 0.513. The third-order valence-electron chi connectivity index (χ3n) is 3.80. The van der Waals surface area contributed by atoms with Crippen molar-refractivity contribution in [3.05, 3.63) is 23.8 Å². The normalized spacial score (nSPS) is 10.7. The maximum atomic E-state index is 11.8. The lowest BCUT2D eigenvalue weighted by Gasteiger charge is -2.17. The summed E-state index contributed by atoms with van der Waals surface area (Å²) in [5, 5.41) is 2.97. The SMILES string of the molecule is CCN(CC)CCCNC(=O)CCc1ccc(OC)c(N)c1. The number of anilines is 1. The number of methoxy groups -OCH3 is 1. The molecule has 5 nitrogen and oxygen atoms in total. The van der Waals surface area contributed by atoms with Gasteiger partial charge >= 0.3 is 0 Å².